The standard InChI is InChI=1S/C9H12N6O/c16-8-6-7(11-5-12-8)14-9(13-6)15-3-1-10-2-4-15/h5,10H,1-4H2,(H2,11,12,13,14,16). The molecule has 0 spiro atoms. The summed E-state index contributed by atoms with van der Waals surface area (Å²) >= 11 is 0. The Morgan fingerprint density at radius 3 is 2.88 bits per heavy atom. The molecule has 0 unspecified atom stereocenters. The van der Waals surface area contributed by atoms with Gasteiger partial charge in [-0.3, -0.25) is 4.79 Å². The predicted molar refractivity (Wildman–Crippen MR) is 59.6 cm³/mol. The molecule has 0 aromatic carbocycles. The van der Waals surface area contributed by atoms with Crippen LogP contribution in [0.1, 0.15) is 0 Å². The number of hydrogen-bond donors (Lipinski definition) is 3. The van der Waals surface area contributed by atoms with Crippen LogP contribution in [0.5, 0.6) is 0 Å². The van der Waals surface area contributed by atoms with Gasteiger partial charge in [0.05, 0.1) is 6.33 Å². The maximum absolute atomic E-state index is 11.5. The van der Waals surface area contributed by atoms with E-state index in [-0.39, 0.29) is 5.56 Å². The van der Waals surface area contributed by atoms with Crippen molar-refractivity contribution in [2.45, 2.75) is 0 Å². The Morgan fingerprint density at radius 2 is 2.12 bits per heavy atom. The zero-order valence-corrected chi connectivity index (χ0v) is 8.66. The molecule has 84 valence electrons. The lowest BCUT2D eigenvalue weighted by atomic mass is 10.4. The van der Waals surface area contributed by atoms with Crippen molar-refractivity contribution in [3.63, 3.8) is 0 Å². The van der Waals surface area contributed by atoms with Crippen molar-refractivity contribution in [1.82, 2.24) is 25.3 Å². The fraction of sp³-hybridized carbons (Fsp3) is 0.444. The highest BCUT2D eigenvalue weighted by Gasteiger charge is 2.15. The largest absolute Gasteiger partial charge is 0.340 e. The van der Waals surface area contributed by atoms with E-state index in [9.17, 15) is 4.79 Å². The summed E-state index contributed by atoms with van der Waals surface area (Å²) in [6.45, 7) is 3.64. The number of piperazine rings is 1. The van der Waals surface area contributed by atoms with Gasteiger partial charge in [0.2, 0.25) is 5.95 Å². The van der Waals surface area contributed by atoms with Crippen LogP contribution in [0, 0.1) is 0 Å². The highest BCUT2D eigenvalue weighted by atomic mass is 16.1. The topological polar surface area (TPSA) is 89.7 Å². The van der Waals surface area contributed by atoms with Gasteiger partial charge in [0.25, 0.3) is 5.56 Å². The van der Waals surface area contributed by atoms with Crippen LogP contribution >= 0.6 is 0 Å². The maximum Gasteiger partial charge on any atom is 0.276 e. The number of nitrogens with zero attached hydrogens (tertiary/aromatic N) is 3. The van der Waals surface area contributed by atoms with E-state index in [0.29, 0.717) is 11.2 Å². The minimum Gasteiger partial charge on any atom is -0.340 e. The van der Waals surface area contributed by atoms with Crippen LogP contribution in [0.4, 0.5) is 5.95 Å². The van der Waals surface area contributed by atoms with Gasteiger partial charge >= 0.3 is 0 Å². The molecule has 3 heterocycles. The van der Waals surface area contributed by atoms with Crippen molar-refractivity contribution in [1.29, 1.82) is 0 Å². The Bertz CT molecular complexity index is 552. The number of aromatic nitrogens is 4. The van der Waals surface area contributed by atoms with Crippen molar-refractivity contribution >= 4 is 17.1 Å². The molecule has 1 aliphatic rings. The van der Waals surface area contributed by atoms with Crippen LogP contribution in [0.2, 0.25) is 0 Å². The van der Waals surface area contributed by atoms with Crippen molar-refractivity contribution in [3.05, 3.63) is 16.7 Å². The highest BCUT2D eigenvalue weighted by Crippen LogP contribution is 2.12. The first-order chi connectivity index (χ1) is 7.84. The lowest BCUT2D eigenvalue weighted by Gasteiger charge is -2.26. The zero-order chi connectivity index (χ0) is 11.0. The van der Waals surface area contributed by atoms with Crippen LogP contribution in [0.15, 0.2) is 11.1 Å². The normalized spacial score (nSPS) is 16.9. The smallest absolute Gasteiger partial charge is 0.276 e. The Kier molecular flexibility index (Phi) is 2.10. The molecule has 7 nitrogen and oxygen atoms in total. The van der Waals surface area contributed by atoms with Crippen LogP contribution in [0.3, 0.4) is 0 Å². The number of imidazole rings is 1. The Balaban J connectivity index is 2.04. The van der Waals surface area contributed by atoms with Crippen LogP contribution in [0.25, 0.3) is 11.2 Å². The average Bonchev–Trinajstić information content (AvgIpc) is 2.76. The van der Waals surface area contributed by atoms with Gasteiger partial charge in [-0.15, -0.1) is 0 Å². The Labute approximate surface area is 90.9 Å². The van der Waals surface area contributed by atoms with Gasteiger partial charge in [-0.1, -0.05) is 0 Å². The molecule has 16 heavy (non-hydrogen) atoms. The minimum absolute atomic E-state index is 0.182. The van der Waals surface area contributed by atoms with E-state index < -0.39 is 0 Å². The van der Waals surface area contributed by atoms with Gasteiger partial charge in [0.1, 0.15) is 0 Å². The minimum atomic E-state index is -0.182. The molecule has 2 aromatic rings. The van der Waals surface area contributed by atoms with Gasteiger partial charge in [-0.2, -0.15) is 4.98 Å². The second kappa shape index (κ2) is 3.60. The molecule has 3 rings (SSSR count). The van der Waals surface area contributed by atoms with Crippen LogP contribution < -0.4 is 15.8 Å². The summed E-state index contributed by atoms with van der Waals surface area (Å²) in [7, 11) is 0. The molecule has 0 aliphatic carbocycles. The second-order valence-corrected chi connectivity index (χ2v) is 3.73. The van der Waals surface area contributed by atoms with E-state index in [1.807, 2.05) is 0 Å². The Hall–Kier alpha value is -1.89. The number of nitrogens with one attached hydrogen (secondary N) is 3. The quantitative estimate of drug-likeness (QED) is 0.577. The van der Waals surface area contributed by atoms with Gasteiger partial charge in [-0.05, 0) is 0 Å². The zero-order valence-electron chi connectivity index (χ0n) is 8.66. The summed E-state index contributed by atoms with van der Waals surface area (Å²) in [5.74, 6) is 0.723. The highest BCUT2D eigenvalue weighted by molar-refractivity contribution is 5.71. The molecule has 0 atom stereocenters. The molecule has 1 aliphatic heterocycles. The van der Waals surface area contributed by atoms with Crippen LogP contribution in [-0.4, -0.2) is 46.1 Å². The number of hydrogen-bond acceptors (Lipinski definition) is 5. The molecule has 3 N–H and O–H groups in total. The molecule has 0 amide bonds. The summed E-state index contributed by atoms with van der Waals surface area (Å²) in [4.78, 5) is 27.4. The molecule has 1 fully saturated rings. The lowest BCUT2D eigenvalue weighted by molar-refractivity contribution is 0.582. The van der Waals surface area contributed by atoms with E-state index in [1.165, 1.54) is 6.33 Å². The summed E-state index contributed by atoms with van der Waals surface area (Å²) in [6, 6.07) is 0. The summed E-state index contributed by atoms with van der Waals surface area (Å²) in [6.07, 6.45) is 1.37. The third-order valence-corrected chi connectivity index (χ3v) is 2.70. The first kappa shape index (κ1) is 9.34. The lowest BCUT2D eigenvalue weighted by Crippen LogP contribution is -2.44. The molecular weight excluding hydrogens is 208 g/mol. The van der Waals surface area contributed by atoms with Crippen molar-refractivity contribution in [3.8, 4) is 0 Å². The number of aromatic amines is 2. The second-order valence-electron chi connectivity index (χ2n) is 3.73. The molecule has 0 saturated carbocycles. The maximum atomic E-state index is 11.5. The fourth-order valence-corrected chi connectivity index (χ4v) is 1.85. The van der Waals surface area contributed by atoms with Crippen molar-refractivity contribution in [2.75, 3.05) is 31.1 Å². The third kappa shape index (κ3) is 1.45. The van der Waals surface area contributed by atoms with E-state index >= 15 is 0 Å². The SMILES string of the molecule is O=c1[nH]cnc2nc(N3CCNCC3)[nH]c12. The van der Waals surface area contributed by atoms with Crippen molar-refractivity contribution in [2.24, 2.45) is 0 Å². The van der Waals surface area contributed by atoms with Gasteiger partial charge in [0.15, 0.2) is 11.2 Å². The number of rotatable bonds is 1. The molecule has 1 saturated heterocycles. The summed E-state index contributed by atoms with van der Waals surface area (Å²) < 4.78 is 0. The molecule has 7 heteroatoms. The van der Waals surface area contributed by atoms with Gasteiger partial charge < -0.3 is 20.2 Å². The van der Waals surface area contributed by atoms with E-state index in [0.717, 1.165) is 32.1 Å². The average molecular weight is 220 g/mol. The van der Waals surface area contributed by atoms with E-state index in [4.69, 9.17) is 0 Å². The number of H-pyrrole nitrogens is 2. The van der Waals surface area contributed by atoms with Gasteiger partial charge in [0, 0.05) is 26.2 Å². The molecule has 0 radical (unpaired) electrons. The predicted octanol–water partition coefficient (Wildman–Crippen LogP) is -0.944. The van der Waals surface area contributed by atoms with E-state index in [2.05, 4.69) is 30.2 Å². The van der Waals surface area contributed by atoms with Gasteiger partial charge in [-0.25, -0.2) is 4.98 Å². The number of fused-ring (bicyclic) bond motifs is 1. The third-order valence-electron chi connectivity index (χ3n) is 2.70. The fourth-order valence-electron chi connectivity index (χ4n) is 1.85. The first-order valence-corrected chi connectivity index (χ1v) is 5.23. The van der Waals surface area contributed by atoms with E-state index in [1.54, 1.807) is 0 Å². The van der Waals surface area contributed by atoms with Crippen molar-refractivity contribution < 1.29 is 0 Å². The summed E-state index contributed by atoms with van der Waals surface area (Å²) in [5.41, 5.74) is 0.729. The molecule has 0 bridgehead atoms. The molecular formula is C9H12N6O. The summed E-state index contributed by atoms with van der Waals surface area (Å²) in [5, 5.41) is 3.26. The number of anilines is 1. The monoisotopic (exact) mass is 220 g/mol. The first-order valence-electron chi connectivity index (χ1n) is 5.23. The Morgan fingerprint density at radius 1 is 1.31 bits per heavy atom. The van der Waals surface area contributed by atoms with Crippen LogP contribution in [-0.2, 0) is 0 Å². The molecule has 2 aromatic heterocycles.